The largest absolute Gasteiger partial charge is 0.298 e. The lowest BCUT2D eigenvalue weighted by Crippen LogP contribution is -1.82. The second-order valence-electron chi connectivity index (χ2n) is 2.79. The van der Waals surface area contributed by atoms with E-state index in [0.29, 0.717) is 17.2 Å². The Kier molecular flexibility index (Phi) is 2.56. The molecule has 72 valence electrons. The smallest absolute Gasteiger partial charge is 0.151 e. The van der Waals surface area contributed by atoms with Gasteiger partial charge in [0.25, 0.3) is 0 Å². The van der Waals surface area contributed by atoms with Gasteiger partial charge in [0.1, 0.15) is 5.82 Å². The molecule has 2 aromatic rings. The number of thiophene rings is 1. The average Bonchev–Trinajstić information content (AvgIpc) is 2.61. The van der Waals surface area contributed by atoms with Gasteiger partial charge < -0.3 is 0 Å². The minimum Gasteiger partial charge on any atom is -0.298 e. The standard InChI is InChI=1S/C10H7FOS2/c1-13-7-2-8(11)10-6(4-12)5-14-9(10)3-7/h2-5H,1H3. The van der Waals surface area contributed by atoms with Crippen molar-refractivity contribution >= 4 is 39.5 Å². The summed E-state index contributed by atoms with van der Waals surface area (Å²) in [5, 5.41) is 2.13. The van der Waals surface area contributed by atoms with Gasteiger partial charge in [0, 0.05) is 25.9 Å². The fourth-order valence-corrected chi connectivity index (χ4v) is 2.81. The Morgan fingerprint density at radius 2 is 2.29 bits per heavy atom. The Morgan fingerprint density at radius 1 is 1.50 bits per heavy atom. The molecule has 0 aliphatic heterocycles. The van der Waals surface area contributed by atoms with Gasteiger partial charge in [-0.3, -0.25) is 4.79 Å². The first kappa shape index (κ1) is 9.68. The third kappa shape index (κ3) is 1.44. The maximum absolute atomic E-state index is 13.5. The molecule has 0 N–H and O–H groups in total. The highest BCUT2D eigenvalue weighted by Gasteiger charge is 2.09. The SMILES string of the molecule is CSc1cc(F)c2c(C=O)csc2c1. The average molecular weight is 226 g/mol. The van der Waals surface area contributed by atoms with E-state index >= 15 is 0 Å². The Hall–Kier alpha value is -0.870. The molecular weight excluding hydrogens is 219 g/mol. The highest BCUT2D eigenvalue weighted by atomic mass is 32.2. The van der Waals surface area contributed by atoms with Crippen molar-refractivity contribution in [3.63, 3.8) is 0 Å². The third-order valence-corrected chi connectivity index (χ3v) is 3.65. The normalized spacial score (nSPS) is 10.7. The number of carbonyl (C=O) groups is 1. The molecule has 0 saturated heterocycles. The molecule has 0 fully saturated rings. The first-order valence-corrected chi connectivity index (χ1v) is 6.06. The lowest BCUT2D eigenvalue weighted by Gasteiger charge is -1.98. The zero-order valence-electron chi connectivity index (χ0n) is 7.41. The van der Waals surface area contributed by atoms with Crippen LogP contribution >= 0.6 is 23.1 Å². The first-order valence-electron chi connectivity index (χ1n) is 3.96. The summed E-state index contributed by atoms with van der Waals surface area (Å²) in [7, 11) is 0. The molecule has 0 aliphatic carbocycles. The Labute approximate surface area is 88.9 Å². The number of fused-ring (bicyclic) bond motifs is 1. The minimum atomic E-state index is -0.310. The molecule has 0 radical (unpaired) electrons. The molecule has 0 spiro atoms. The van der Waals surface area contributed by atoms with Crippen LogP contribution in [0.15, 0.2) is 22.4 Å². The van der Waals surface area contributed by atoms with Gasteiger partial charge >= 0.3 is 0 Å². The van der Waals surface area contributed by atoms with Crippen LogP contribution < -0.4 is 0 Å². The lowest BCUT2D eigenvalue weighted by atomic mass is 10.2. The number of rotatable bonds is 2. The molecule has 14 heavy (non-hydrogen) atoms. The van der Waals surface area contributed by atoms with Crippen LogP contribution in [-0.2, 0) is 0 Å². The summed E-state index contributed by atoms with van der Waals surface area (Å²) in [6.07, 6.45) is 2.59. The second kappa shape index (κ2) is 3.71. The molecule has 1 nitrogen and oxygen atoms in total. The predicted octanol–water partition coefficient (Wildman–Crippen LogP) is 3.57. The van der Waals surface area contributed by atoms with Crippen LogP contribution in [0.4, 0.5) is 4.39 Å². The zero-order valence-corrected chi connectivity index (χ0v) is 9.05. The fraction of sp³-hybridized carbons (Fsp3) is 0.100. The maximum atomic E-state index is 13.5. The van der Waals surface area contributed by atoms with Crippen molar-refractivity contribution in [1.82, 2.24) is 0 Å². The maximum Gasteiger partial charge on any atom is 0.151 e. The van der Waals surface area contributed by atoms with Gasteiger partial charge in [-0.05, 0) is 18.4 Å². The van der Waals surface area contributed by atoms with Crippen molar-refractivity contribution in [2.24, 2.45) is 0 Å². The molecule has 0 atom stereocenters. The number of hydrogen-bond donors (Lipinski definition) is 0. The van der Waals surface area contributed by atoms with E-state index in [4.69, 9.17) is 0 Å². The van der Waals surface area contributed by atoms with Gasteiger partial charge in [0.05, 0.1) is 0 Å². The molecule has 1 aromatic heterocycles. The van der Waals surface area contributed by atoms with Crippen LogP contribution in [0.2, 0.25) is 0 Å². The van der Waals surface area contributed by atoms with Crippen LogP contribution in [0.25, 0.3) is 10.1 Å². The van der Waals surface area contributed by atoms with Crippen molar-refractivity contribution in [1.29, 1.82) is 0 Å². The Bertz CT molecular complexity index is 490. The van der Waals surface area contributed by atoms with Gasteiger partial charge in [-0.15, -0.1) is 23.1 Å². The molecule has 0 bridgehead atoms. The number of halogens is 1. The van der Waals surface area contributed by atoms with Crippen LogP contribution in [0, 0.1) is 5.82 Å². The molecule has 0 unspecified atom stereocenters. The Morgan fingerprint density at radius 3 is 2.93 bits per heavy atom. The van der Waals surface area contributed by atoms with E-state index in [1.807, 2.05) is 12.3 Å². The van der Waals surface area contributed by atoms with Gasteiger partial charge in [-0.2, -0.15) is 0 Å². The second-order valence-corrected chi connectivity index (χ2v) is 4.58. The van der Waals surface area contributed by atoms with E-state index in [2.05, 4.69) is 0 Å². The minimum absolute atomic E-state index is 0.310. The van der Waals surface area contributed by atoms with Crippen molar-refractivity contribution in [2.45, 2.75) is 4.90 Å². The van der Waals surface area contributed by atoms with Crippen LogP contribution in [-0.4, -0.2) is 12.5 Å². The summed E-state index contributed by atoms with van der Waals surface area (Å²) in [5.41, 5.74) is 0.440. The molecule has 0 saturated carbocycles. The fourth-order valence-electron chi connectivity index (χ4n) is 1.32. The highest BCUT2D eigenvalue weighted by molar-refractivity contribution is 7.98. The summed E-state index contributed by atoms with van der Waals surface area (Å²) in [6, 6.07) is 3.37. The quantitative estimate of drug-likeness (QED) is 0.575. The van der Waals surface area contributed by atoms with E-state index in [1.165, 1.54) is 29.2 Å². The van der Waals surface area contributed by atoms with E-state index in [0.717, 1.165) is 9.60 Å². The summed E-state index contributed by atoms with van der Waals surface area (Å²) < 4.78 is 14.4. The van der Waals surface area contributed by atoms with Gasteiger partial charge in [-0.1, -0.05) is 0 Å². The lowest BCUT2D eigenvalue weighted by molar-refractivity contribution is 0.112. The Balaban J connectivity index is 2.78. The molecule has 4 heteroatoms. The summed E-state index contributed by atoms with van der Waals surface area (Å²) in [4.78, 5) is 11.5. The molecule has 1 heterocycles. The van der Waals surface area contributed by atoms with Gasteiger partial charge in [-0.25, -0.2) is 4.39 Å². The number of thioether (sulfide) groups is 1. The molecule has 0 amide bonds. The van der Waals surface area contributed by atoms with Crippen LogP contribution in [0.3, 0.4) is 0 Å². The highest BCUT2D eigenvalue weighted by Crippen LogP contribution is 2.31. The van der Waals surface area contributed by atoms with E-state index in [9.17, 15) is 9.18 Å². The van der Waals surface area contributed by atoms with Crippen LogP contribution in [0.1, 0.15) is 10.4 Å². The number of benzene rings is 1. The molecule has 1 aromatic carbocycles. The molecule has 2 rings (SSSR count). The predicted molar refractivity (Wildman–Crippen MR) is 59.0 cm³/mol. The zero-order chi connectivity index (χ0) is 10.1. The molecular formula is C10H7FOS2. The van der Waals surface area contributed by atoms with Crippen molar-refractivity contribution in [3.05, 3.63) is 28.9 Å². The number of hydrogen-bond acceptors (Lipinski definition) is 3. The topological polar surface area (TPSA) is 17.1 Å². The summed E-state index contributed by atoms with van der Waals surface area (Å²) in [6.45, 7) is 0. The molecule has 0 aliphatic rings. The first-order chi connectivity index (χ1) is 6.76. The van der Waals surface area contributed by atoms with E-state index < -0.39 is 0 Å². The van der Waals surface area contributed by atoms with Crippen molar-refractivity contribution in [2.75, 3.05) is 6.26 Å². The number of aldehydes is 1. The van der Waals surface area contributed by atoms with Crippen molar-refractivity contribution in [3.8, 4) is 0 Å². The summed E-state index contributed by atoms with van der Waals surface area (Å²) in [5.74, 6) is -0.310. The van der Waals surface area contributed by atoms with E-state index in [1.54, 1.807) is 5.38 Å². The summed E-state index contributed by atoms with van der Waals surface area (Å²) >= 11 is 2.89. The van der Waals surface area contributed by atoms with Gasteiger partial charge in [0.15, 0.2) is 6.29 Å². The number of carbonyl (C=O) groups excluding carboxylic acids is 1. The van der Waals surface area contributed by atoms with Gasteiger partial charge in [0.2, 0.25) is 0 Å². The van der Waals surface area contributed by atoms with E-state index in [-0.39, 0.29) is 5.82 Å². The van der Waals surface area contributed by atoms with Crippen molar-refractivity contribution < 1.29 is 9.18 Å². The third-order valence-electron chi connectivity index (χ3n) is 1.99. The monoisotopic (exact) mass is 226 g/mol. The van der Waals surface area contributed by atoms with Crippen LogP contribution in [0.5, 0.6) is 0 Å².